The Kier molecular flexibility index (Phi) is 5.62. The zero-order valence-electron chi connectivity index (χ0n) is 11.6. The number of rotatable bonds is 5. The van der Waals surface area contributed by atoms with Crippen molar-refractivity contribution < 1.29 is 10.1 Å². The van der Waals surface area contributed by atoms with Crippen LogP contribution >= 0.6 is 23.2 Å². The molecule has 0 heterocycles. The van der Waals surface area contributed by atoms with Crippen molar-refractivity contribution in [2.75, 3.05) is 11.9 Å². The zero-order valence-corrected chi connectivity index (χ0v) is 13.2. The van der Waals surface area contributed by atoms with Gasteiger partial charge in [-0.05, 0) is 37.3 Å². The molecule has 0 aliphatic rings. The molecule has 1 atom stereocenters. The summed E-state index contributed by atoms with van der Waals surface area (Å²) in [7, 11) is 0. The Balaban J connectivity index is 1.84. The van der Waals surface area contributed by atoms with Crippen LogP contribution in [0.15, 0.2) is 48.5 Å². The second kappa shape index (κ2) is 7.46. The van der Waals surface area contributed by atoms with Gasteiger partial charge in [-0.25, -0.2) is 0 Å². The van der Waals surface area contributed by atoms with E-state index in [9.17, 15) is 4.79 Å². The van der Waals surface area contributed by atoms with Crippen molar-refractivity contribution in [3.63, 3.8) is 0 Å². The smallest absolute Gasteiger partial charge is 0.279 e. The summed E-state index contributed by atoms with van der Waals surface area (Å²) >= 11 is 11.7. The van der Waals surface area contributed by atoms with E-state index >= 15 is 0 Å². The van der Waals surface area contributed by atoms with E-state index in [1.807, 2.05) is 35.6 Å². The van der Waals surface area contributed by atoms with Crippen LogP contribution in [0.25, 0.3) is 0 Å². The largest absolute Gasteiger partial charge is 0.333 e. The predicted molar refractivity (Wildman–Crippen MR) is 86.7 cm³/mol. The maximum Gasteiger partial charge on any atom is 0.279 e. The molecule has 0 saturated heterocycles. The molecule has 0 spiro atoms. The first-order valence-corrected chi connectivity index (χ1v) is 7.44. The first-order chi connectivity index (χ1) is 10.0. The number of benzene rings is 2. The number of hydrogen-bond acceptors (Lipinski definition) is 1. The van der Waals surface area contributed by atoms with E-state index in [1.54, 1.807) is 18.2 Å². The van der Waals surface area contributed by atoms with Gasteiger partial charge in [0.05, 0.1) is 0 Å². The third-order valence-electron chi connectivity index (χ3n) is 3.16. The van der Waals surface area contributed by atoms with Gasteiger partial charge in [0.15, 0.2) is 6.54 Å². The van der Waals surface area contributed by atoms with Crippen LogP contribution in [0.4, 0.5) is 5.69 Å². The van der Waals surface area contributed by atoms with Crippen LogP contribution < -0.4 is 10.6 Å². The highest BCUT2D eigenvalue weighted by molar-refractivity contribution is 6.31. The molecule has 2 aromatic rings. The van der Waals surface area contributed by atoms with Crippen molar-refractivity contribution >= 4 is 34.8 Å². The third-order valence-corrected chi connectivity index (χ3v) is 3.65. The number of carbonyl (C=O) groups excluding carboxylic acids is 1. The van der Waals surface area contributed by atoms with Crippen molar-refractivity contribution in [2.45, 2.75) is 13.0 Å². The third kappa shape index (κ3) is 5.05. The summed E-state index contributed by atoms with van der Waals surface area (Å²) in [5.74, 6) is -0.0573. The number of nitrogens with one attached hydrogen (secondary N) is 1. The Hall–Kier alpha value is -1.55. The molecule has 0 aliphatic carbocycles. The van der Waals surface area contributed by atoms with Crippen LogP contribution in [-0.4, -0.2) is 12.5 Å². The van der Waals surface area contributed by atoms with Crippen molar-refractivity contribution in [3.8, 4) is 0 Å². The molecule has 0 saturated carbocycles. The molecule has 21 heavy (non-hydrogen) atoms. The van der Waals surface area contributed by atoms with Gasteiger partial charge in [0.25, 0.3) is 5.91 Å². The van der Waals surface area contributed by atoms with Crippen LogP contribution in [-0.2, 0) is 4.79 Å². The number of carbonyl (C=O) groups is 1. The fourth-order valence-electron chi connectivity index (χ4n) is 1.96. The van der Waals surface area contributed by atoms with Crippen LogP contribution in [0.5, 0.6) is 0 Å². The maximum absolute atomic E-state index is 11.9. The molecule has 5 heteroatoms. The van der Waals surface area contributed by atoms with Gasteiger partial charge in [0, 0.05) is 21.3 Å². The second-order valence-electron chi connectivity index (χ2n) is 4.84. The molecule has 2 rings (SSSR count). The van der Waals surface area contributed by atoms with Gasteiger partial charge in [-0.15, -0.1) is 0 Å². The van der Waals surface area contributed by atoms with E-state index in [0.29, 0.717) is 22.3 Å². The van der Waals surface area contributed by atoms with E-state index in [1.165, 1.54) is 0 Å². The van der Waals surface area contributed by atoms with Crippen LogP contribution in [0.3, 0.4) is 0 Å². The summed E-state index contributed by atoms with van der Waals surface area (Å²) in [4.78, 5) is 11.9. The van der Waals surface area contributed by atoms with Gasteiger partial charge in [0.2, 0.25) is 0 Å². The highest BCUT2D eigenvalue weighted by Gasteiger charge is 2.11. The molecule has 110 valence electrons. The SMILES string of the molecule is C[C@@H]([NH2+]CC(=O)Nc1cccc(Cl)c1)c1ccc(Cl)cc1. The fraction of sp³-hybridized carbons (Fsp3) is 0.188. The highest BCUT2D eigenvalue weighted by Crippen LogP contribution is 2.15. The summed E-state index contributed by atoms with van der Waals surface area (Å²) in [6.07, 6.45) is 0. The number of anilines is 1. The molecule has 0 radical (unpaired) electrons. The molecular formula is C16H17Cl2N2O+. The first-order valence-electron chi connectivity index (χ1n) is 6.69. The van der Waals surface area contributed by atoms with Crippen molar-refractivity contribution in [1.29, 1.82) is 0 Å². The fourth-order valence-corrected chi connectivity index (χ4v) is 2.28. The van der Waals surface area contributed by atoms with Crippen molar-refractivity contribution in [2.24, 2.45) is 0 Å². The lowest BCUT2D eigenvalue weighted by Gasteiger charge is -2.11. The molecule has 2 aromatic carbocycles. The number of amides is 1. The highest BCUT2D eigenvalue weighted by atomic mass is 35.5. The van der Waals surface area contributed by atoms with Crippen LogP contribution in [0.2, 0.25) is 10.0 Å². The minimum absolute atomic E-state index is 0.0573. The summed E-state index contributed by atoms with van der Waals surface area (Å²) in [5.41, 5.74) is 1.84. The van der Waals surface area contributed by atoms with Crippen molar-refractivity contribution in [3.05, 3.63) is 64.1 Å². The van der Waals surface area contributed by atoms with E-state index in [-0.39, 0.29) is 11.9 Å². The van der Waals surface area contributed by atoms with Crippen molar-refractivity contribution in [1.82, 2.24) is 0 Å². The van der Waals surface area contributed by atoms with Gasteiger partial charge in [0.1, 0.15) is 6.04 Å². The monoisotopic (exact) mass is 323 g/mol. The first kappa shape index (κ1) is 15.8. The Bertz CT molecular complexity index is 614. The lowest BCUT2D eigenvalue weighted by atomic mass is 10.1. The summed E-state index contributed by atoms with van der Waals surface area (Å²) in [6.45, 7) is 2.40. The molecule has 0 fully saturated rings. The van der Waals surface area contributed by atoms with Gasteiger partial charge in [-0.2, -0.15) is 0 Å². The summed E-state index contributed by atoms with van der Waals surface area (Å²) in [5, 5.41) is 6.11. The van der Waals surface area contributed by atoms with Gasteiger partial charge in [-0.1, -0.05) is 41.4 Å². The molecule has 0 unspecified atom stereocenters. The van der Waals surface area contributed by atoms with E-state index in [2.05, 4.69) is 12.2 Å². The minimum Gasteiger partial charge on any atom is -0.333 e. The Morgan fingerprint density at radius 1 is 1.14 bits per heavy atom. The molecule has 0 aliphatic heterocycles. The topological polar surface area (TPSA) is 45.7 Å². The molecule has 0 aromatic heterocycles. The molecule has 0 bridgehead atoms. The molecule has 1 amide bonds. The molecule has 3 N–H and O–H groups in total. The maximum atomic E-state index is 11.9. The van der Waals surface area contributed by atoms with E-state index in [0.717, 1.165) is 5.56 Å². The molecule has 3 nitrogen and oxygen atoms in total. The summed E-state index contributed by atoms with van der Waals surface area (Å²) in [6, 6.07) is 14.9. The second-order valence-corrected chi connectivity index (χ2v) is 5.71. The number of nitrogens with two attached hydrogens (primary N) is 1. The van der Waals surface area contributed by atoms with Gasteiger partial charge >= 0.3 is 0 Å². The number of quaternary nitrogens is 1. The quantitative estimate of drug-likeness (QED) is 0.871. The lowest BCUT2D eigenvalue weighted by Crippen LogP contribution is -2.86. The van der Waals surface area contributed by atoms with Crippen LogP contribution in [0, 0.1) is 0 Å². The zero-order chi connectivity index (χ0) is 15.2. The minimum atomic E-state index is -0.0573. The van der Waals surface area contributed by atoms with Crippen LogP contribution in [0.1, 0.15) is 18.5 Å². The standard InChI is InChI=1S/C16H16Cl2N2O/c1-11(12-5-7-13(17)8-6-12)19-10-16(21)20-15-4-2-3-14(18)9-15/h2-9,11,19H,10H2,1H3,(H,20,21)/p+1/t11-/m1/s1. The normalized spacial score (nSPS) is 12.0. The number of halogens is 2. The Morgan fingerprint density at radius 3 is 2.52 bits per heavy atom. The average molecular weight is 324 g/mol. The van der Waals surface area contributed by atoms with Gasteiger partial charge < -0.3 is 10.6 Å². The molecular weight excluding hydrogens is 307 g/mol. The Morgan fingerprint density at radius 2 is 1.86 bits per heavy atom. The van der Waals surface area contributed by atoms with E-state index in [4.69, 9.17) is 23.2 Å². The average Bonchev–Trinajstić information content (AvgIpc) is 2.45. The summed E-state index contributed by atoms with van der Waals surface area (Å²) < 4.78 is 0. The van der Waals surface area contributed by atoms with Gasteiger partial charge in [-0.3, -0.25) is 4.79 Å². The predicted octanol–water partition coefficient (Wildman–Crippen LogP) is 3.26. The van der Waals surface area contributed by atoms with E-state index < -0.39 is 0 Å². The Labute approximate surface area is 134 Å². The number of hydrogen-bond donors (Lipinski definition) is 2. The lowest BCUT2D eigenvalue weighted by molar-refractivity contribution is -0.682.